The highest BCUT2D eigenvalue weighted by Crippen LogP contribution is 2.45. The highest BCUT2D eigenvalue weighted by Gasteiger charge is 2.55. The number of methoxy groups -OCH3 is 3. The minimum Gasteiger partial charge on any atom is -0.459 e. The Morgan fingerprint density at radius 2 is 1.66 bits per heavy atom. The van der Waals surface area contributed by atoms with Crippen LogP contribution in [0.3, 0.4) is 0 Å². The first kappa shape index (κ1) is 62.4. The van der Waals surface area contributed by atoms with E-state index in [-0.39, 0.29) is 31.3 Å². The van der Waals surface area contributed by atoms with Crippen LogP contribution in [0, 0.1) is 23.7 Å². The molecule has 0 saturated carbocycles. The molecule has 20 atom stereocenters. The minimum absolute atomic E-state index is 0.174. The van der Waals surface area contributed by atoms with E-state index in [0.29, 0.717) is 38.2 Å². The zero-order valence-electron chi connectivity index (χ0n) is 46.8. The Bertz CT molecular complexity index is 2020. The van der Waals surface area contributed by atoms with Crippen LogP contribution in [0.5, 0.6) is 0 Å². The Labute approximate surface area is 444 Å². The molecule has 0 bridgehead atoms. The number of hydrogen-bond acceptors (Lipinski definition) is 18. The van der Waals surface area contributed by atoms with Crippen LogP contribution >= 0.6 is 11.8 Å². The third-order valence-corrected chi connectivity index (χ3v) is 17.6. The molecule has 3 fully saturated rings. The van der Waals surface area contributed by atoms with Crippen molar-refractivity contribution in [2.24, 2.45) is 23.7 Å². The second kappa shape index (κ2) is 27.0. The van der Waals surface area contributed by atoms with Crippen LogP contribution in [0.1, 0.15) is 118 Å². The summed E-state index contributed by atoms with van der Waals surface area (Å²) in [4.78, 5) is 19.7. The van der Waals surface area contributed by atoms with Gasteiger partial charge in [-0.15, -0.1) is 16.9 Å². The molecular formula is C54H92FN5O13S. The first-order valence-electron chi connectivity index (χ1n) is 26.6. The second-order valence-electron chi connectivity index (χ2n) is 22.5. The van der Waals surface area contributed by atoms with Crippen LogP contribution in [0.25, 0.3) is 0 Å². The smallest absolute Gasteiger partial charge is 0.309 e. The summed E-state index contributed by atoms with van der Waals surface area (Å²) >= 11 is 1.67. The zero-order valence-corrected chi connectivity index (χ0v) is 47.6. The van der Waals surface area contributed by atoms with Crippen LogP contribution < -0.4 is 0 Å². The van der Waals surface area contributed by atoms with Crippen molar-refractivity contribution in [2.45, 2.75) is 202 Å². The van der Waals surface area contributed by atoms with Crippen molar-refractivity contribution in [1.82, 2.24) is 24.8 Å². The molecule has 0 radical (unpaired) electrons. The number of benzene rings is 1. The lowest BCUT2D eigenvalue weighted by atomic mass is 9.68. The number of thioether (sulfide) groups is 1. The summed E-state index contributed by atoms with van der Waals surface area (Å²) in [7, 11) is 8.49. The van der Waals surface area contributed by atoms with Gasteiger partial charge in [0, 0.05) is 82.1 Å². The van der Waals surface area contributed by atoms with Crippen molar-refractivity contribution < 1.29 is 67.9 Å². The Morgan fingerprint density at radius 3 is 2.27 bits per heavy atom. The van der Waals surface area contributed by atoms with Gasteiger partial charge in [0.05, 0.1) is 53.8 Å². The molecule has 3 aliphatic rings. The third kappa shape index (κ3) is 14.6. The number of ether oxygens (including phenoxy) is 7. The standard InChI is InChI=1S/C54H92FN5O13S/c1-16-43-54(10,66)47(62)35(6)59(12)29-31(2)26-52(8,65)49(33(4)44(34(5)50(64)72-43)42-27-53(9,69-15)48(63)36(7)71-42)73-51-45(61)40(25-32(3)70-51)58(11)22-21-38-30-60(57-56-38)41(28-55)46(68-14)37-17-19-39(20-18-37)74-24-23-67-13/h17-20,30-36,40-49,51,61-63,65-66H,16,21-29H2,1-15H3/t31-,32-,33+,34-,35-,36+,40+,41-,42-,43-,44?,45-,46-,47-,48+,49-,51+,52-,53-,54-/m1/s1. The summed E-state index contributed by atoms with van der Waals surface area (Å²) in [6.45, 7) is 18.6. The van der Waals surface area contributed by atoms with Crippen LogP contribution in [-0.4, -0.2) is 208 Å². The lowest BCUT2D eigenvalue weighted by Gasteiger charge is -2.51. The Hall–Kier alpha value is -2.41. The lowest BCUT2D eigenvalue weighted by Crippen LogP contribution is -2.62. The van der Waals surface area contributed by atoms with Gasteiger partial charge in [-0.05, 0) is 104 Å². The van der Waals surface area contributed by atoms with E-state index in [2.05, 4.69) is 10.3 Å². The molecule has 74 heavy (non-hydrogen) atoms. The molecule has 3 saturated heterocycles. The molecule has 1 unspecified atom stereocenters. The van der Waals surface area contributed by atoms with Crippen LogP contribution in [0.2, 0.25) is 0 Å². The van der Waals surface area contributed by atoms with Crippen molar-refractivity contribution in [2.75, 3.05) is 67.5 Å². The molecule has 3 aliphatic heterocycles. The maximum absolute atomic E-state index is 14.9. The van der Waals surface area contributed by atoms with Crippen LogP contribution in [-0.2, 0) is 44.4 Å². The molecule has 5 rings (SSSR count). The minimum atomic E-state index is -1.83. The van der Waals surface area contributed by atoms with E-state index in [1.54, 1.807) is 73.7 Å². The van der Waals surface area contributed by atoms with Crippen molar-refractivity contribution in [3.63, 3.8) is 0 Å². The van der Waals surface area contributed by atoms with E-state index in [9.17, 15) is 34.7 Å². The van der Waals surface area contributed by atoms with Crippen molar-refractivity contribution in [1.29, 1.82) is 0 Å². The molecule has 1 aromatic carbocycles. The number of nitrogens with zero attached hydrogens (tertiary/aromatic N) is 5. The SMILES string of the molecule is CC[C@H]1OC(=O)[C@H](C)C([C@H]2C[C@@](C)(OC)[C@@H](O)[C@H](C)O2)[C@H](C)[C@@H](O[C@@H]2O[C@H](C)C[C@H](N(C)CCc3cn([C@H](CF)[C@H](OC)c4ccc(SCCOC)cc4)nn3)[C@H]2O)[C@](C)(O)C[C@@H](C)CN(C)[C@H](C)[C@@H](O)[C@]1(C)O. The summed E-state index contributed by atoms with van der Waals surface area (Å²) in [6.07, 6.45) is -6.14. The summed E-state index contributed by atoms with van der Waals surface area (Å²) in [5.74, 6) is -2.43. The van der Waals surface area contributed by atoms with Gasteiger partial charge in [0.1, 0.15) is 48.8 Å². The average Bonchev–Trinajstić information content (AvgIpc) is 3.83. The second-order valence-corrected chi connectivity index (χ2v) is 23.7. The van der Waals surface area contributed by atoms with E-state index in [0.717, 1.165) is 16.2 Å². The summed E-state index contributed by atoms with van der Waals surface area (Å²) in [5, 5.41) is 69.0. The number of esters is 1. The first-order valence-corrected chi connectivity index (χ1v) is 27.6. The predicted molar refractivity (Wildman–Crippen MR) is 279 cm³/mol. The maximum Gasteiger partial charge on any atom is 0.309 e. The molecule has 1 aromatic heterocycles. The highest BCUT2D eigenvalue weighted by atomic mass is 32.2. The molecule has 5 N–H and O–H groups in total. The Kier molecular flexibility index (Phi) is 22.8. The van der Waals surface area contributed by atoms with E-state index >= 15 is 0 Å². The van der Waals surface area contributed by atoms with Gasteiger partial charge in [-0.1, -0.05) is 45.0 Å². The van der Waals surface area contributed by atoms with Crippen LogP contribution in [0.4, 0.5) is 4.39 Å². The third-order valence-electron chi connectivity index (χ3n) is 16.6. The van der Waals surface area contributed by atoms with E-state index in [4.69, 9.17) is 33.2 Å². The highest BCUT2D eigenvalue weighted by molar-refractivity contribution is 7.99. The number of carbonyl (C=O) groups is 1. The van der Waals surface area contributed by atoms with Gasteiger partial charge in [-0.3, -0.25) is 4.79 Å². The number of aliphatic hydroxyl groups is 5. The van der Waals surface area contributed by atoms with Crippen LogP contribution in [0.15, 0.2) is 35.4 Å². The van der Waals surface area contributed by atoms with Crippen molar-refractivity contribution in [3.8, 4) is 0 Å². The lowest BCUT2D eigenvalue weighted by molar-refractivity contribution is -0.302. The van der Waals surface area contributed by atoms with E-state index in [1.807, 2.05) is 68.9 Å². The molecule has 0 amide bonds. The van der Waals surface area contributed by atoms with Gasteiger partial charge in [0.25, 0.3) is 0 Å². The van der Waals surface area contributed by atoms with Gasteiger partial charge in [0.2, 0.25) is 0 Å². The number of halogens is 1. The van der Waals surface area contributed by atoms with Gasteiger partial charge < -0.3 is 68.5 Å². The normalized spacial score (nSPS) is 39.3. The van der Waals surface area contributed by atoms with Gasteiger partial charge in [-0.25, -0.2) is 9.07 Å². The number of likely N-dealkylation sites (N-methyl/N-ethyl adjacent to an activating group) is 2. The summed E-state index contributed by atoms with van der Waals surface area (Å²) in [6, 6.07) is 6.04. The number of hydrogen-bond donors (Lipinski definition) is 5. The number of aromatic nitrogens is 3. The molecule has 0 spiro atoms. The van der Waals surface area contributed by atoms with Crippen molar-refractivity contribution >= 4 is 17.7 Å². The molecule has 424 valence electrons. The molecule has 0 aliphatic carbocycles. The first-order chi connectivity index (χ1) is 34.8. The molecule has 2 aromatic rings. The molecule has 20 heteroatoms. The Balaban J connectivity index is 1.43. The molecule has 4 heterocycles. The summed E-state index contributed by atoms with van der Waals surface area (Å²) in [5.41, 5.74) is -3.07. The number of carbonyl (C=O) groups excluding carboxylic acids is 1. The van der Waals surface area contributed by atoms with Gasteiger partial charge in [0.15, 0.2) is 6.29 Å². The quantitative estimate of drug-likeness (QED) is 0.0752. The largest absolute Gasteiger partial charge is 0.459 e. The van der Waals surface area contributed by atoms with E-state index < -0.39 is 120 Å². The van der Waals surface area contributed by atoms with Crippen molar-refractivity contribution in [3.05, 3.63) is 41.7 Å². The summed E-state index contributed by atoms with van der Waals surface area (Å²) < 4.78 is 59.6. The number of aliphatic hydroxyl groups excluding tert-OH is 3. The maximum atomic E-state index is 14.9. The predicted octanol–water partition coefficient (Wildman–Crippen LogP) is 5.02. The average molecular weight is 1070 g/mol. The van der Waals surface area contributed by atoms with Gasteiger partial charge in [-0.2, -0.15) is 0 Å². The fourth-order valence-electron chi connectivity index (χ4n) is 12.1. The van der Waals surface area contributed by atoms with Gasteiger partial charge >= 0.3 is 5.97 Å². The monoisotopic (exact) mass is 1070 g/mol. The fourth-order valence-corrected chi connectivity index (χ4v) is 12.9. The topological polar surface area (TPSA) is 220 Å². The Morgan fingerprint density at radius 1 is 0.986 bits per heavy atom. The number of alkyl halides is 1. The molecule has 18 nitrogen and oxygen atoms in total. The molecular weight excluding hydrogens is 978 g/mol. The zero-order chi connectivity index (χ0) is 55.0. The number of cyclic esters (lactones) is 1. The van der Waals surface area contributed by atoms with E-state index in [1.165, 1.54) is 18.7 Å². The fraction of sp³-hybridized carbons (Fsp3) is 0.833. The number of rotatable bonds is 18.